The average Bonchev–Trinajstić information content (AvgIpc) is 2.68. The number of nitrogens with one attached hydrogen (secondary N) is 1. The van der Waals surface area contributed by atoms with Crippen LogP contribution in [0.25, 0.3) is 0 Å². The number of rotatable bonds is 9. The zero-order valence-corrected chi connectivity index (χ0v) is 15.5. The molecule has 1 N–H and O–H groups in total. The molecule has 0 saturated carbocycles. The van der Waals surface area contributed by atoms with Crippen LogP contribution in [-0.4, -0.2) is 39.1 Å². The highest BCUT2D eigenvalue weighted by atomic mass is 19.3. The third-order valence-corrected chi connectivity index (χ3v) is 3.56. The number of methoxy groups -OCH3 is 2. The van der Waals surface area contributed by atoms with Gasteiger partial charge in [0.25, 0.3) is 5.91 Å². The minimum atomic E-state index is -3.00. The van der Waals surface area contributed by atoms with E-state index < -0.39 is 18.6 Å². The maximum atomic E-state index is 12.4. The Morgan fingerprint density at radius 1 is 1.07 bits per heavy atom. The van der Waals surface area contributed by atoms with Crippen LogP contribution in [0.4, 0.5) is 14.5 Å². The summed E-state index contributed by atoms with van der Waals surface area (Å²) in [6.45, 7) is -1.53. The molecular weight excluding hydrogens is 374 g/mol. The average molecular weight is 394 g/mol. The van der Waals surface area contributed by atoms with Gasteiger partial charge in [-0.2, -0.15) is 8.78 Å². The molecule has 0 spiro atoms. The van der Waals surface area contributed by atoms with E-state index >= 15 is 0 Å². The number of carbonyl (C=O) groups excluding carboxylic acids is 1. The van der Waals surface area contributed by atoms with Crippen LogP contribution in [0.5, 0.6) is 17.2 Å². The molecule has 0 aliphatic carbocycles. The lowest BCUT2D eigenvalue weighted by Crippen LogP contribution is -2.26. The Morgan fingerprint density at radius 2 is 1.79 bits per heavy atom. The Hall–Kier alpha value is -3.36. The molecule has 2 aromatic rings. The van der Waals surface area contributed by atoms with Crippen LogP contribution in [0.2, 0.25) is 0 Å². The Labute approximate surface area is 160 Å². The summed E-state index contributed by atoms with van der Waals surface area (Å²) in [7, 11) is 3.04. The van der Waals surface area contributed by atoms with Crippen LogP contribution in [-0.2, 0) is 9.63 Å². The number of anilines is 1. The number of hydrogen-bond donors (Lipinski definition) is 1. The van der Waals surface area contributed by atoms with Gasteiger partial charge in [0.05, 0.1) is 26.1 Å². The van der Waals surface area contributed by atoms with Crippen molar-refractivity contribution in [2.75, 3.05) is 19.5 Å². The van der Waals surface area contributed by atoms with Crippen LogP contribution in [0.3, 0.4) is 0 Å². The van der Waals surface area contributed by atoms with Crippen molar-refractivity contribution in [3.8, 4) is 17.2 Å². The van der Waals surface area contributed by atoms with Crippen molar-refractivity contribution in [1.82, 2.24) is 0 Å². The van der Waals surface area contributed by atoms with Gasteiger partial charge >= 0.3 is 6.61 Å². The molecule has 9 heteroatoms. The van der Waals surface area contributed by atoms with Gasteiger partial charge in [-0.25, -0.2) is 0 Å². The maximum Gasteiger partial charge on any atom is 0.387 e. The largest absolute Gasteiger partial charge is 0.493 e. The fraction of sp³-hybridized carbons (Fsp3) is 0.263. The second-order valence-corrected chi connectivity index (χ2v) is 5.46. The summed E-state index contributed by atoms with van der Waals surface area (Å²) >= 11 is 0. The van der Waals surface area contributed by atoms with E-state index in [9.17, 15) is 13.6 Å². The van der Waals surface area contributed by atoms with E-state index in [2.05, 4.69) is 15.2 Å². The normalized spacial score (nSPS) is 11.9. The molecule has 2 aromatic carbocycles. The number of oxime groups is 1. The molecule has 0 bridgehead atoms. The molecule has 0 aliphatic rings. The van der Waals surface area contributed by atoms with E-state index in [0.717, 1.165) is 0 Å². The summed E-state index contributed by atoms with van der Waals surface area (Å²) in [6.07, 6.45) is 0.426. The number of carbonyl (C=O) groups is 1. The molecule has 1 atom stereocenters. The van der Waals surface area contributed by atoms with Gasteiger partial charge in [-0.1, -0.05) is 17.3 Å². The van der Waals surface area contributed by atoms with Gasteiger partial charge in [0.1, 0.15) is 5.75 Å². The standard InChI is InChI=1S/C19H20F2N2O5/c1-12(18(24)23-14-6-4-5-7-15(14)27-19(20)21)28-22-11-13-8-9-16(25-2)17(10-13)26-3/h4-12,19H,1-3H3,(H,23,24)/b22-11+. The van der Waals surface area contributed by atoms with Crippen LogP contribution in [0.1, 0.15) is 12.5 Å². The summed E-state index contributed by atoms with van der Waals surface area (Å²) < 4.78 is 39.6. The van der Waals surface area contributed by atoms with E-state index in [1.807, 2.05) is 0 Å². The predicted molar refractivity (Wildman–Crippen MR) is 99.4 cm³/mol. The topological polar surface area (TPSA) is 78.4 Å². The molecule has 0 fully saturated rings. The summed E-state index contributed by atoms with van der Waals surface area (Å²) in [5.41, 5.74) is 0.771. The number of amides is 1. The SMILES string of the molecule is COc1ccc(/C=N/OC(C)C(=O)Nc2ccccc2OC(F)F)cc1OC. The molecule has 2 rings (SSSR count). The van der Waals surface area contributed by atoms with Crippen molar-refractivity contribution < 1.29 is 32.6 Å². The van der Waals surface area contributed by atoms with E-state index in [4.69, 9.17) is 14.3 Å². The van der Waals surface area contributed by atoms with Gasteiger partial charge in [-0.3, -0.25) is 4.79 Å². The smallest absolute Gasteiger partial charge is 0.387 e. The molecule has 0 radical (unpaired) electrons. The minimum absolute atomic E-state index is 0.104. The van der Waals surface area contributed by atoms with Crippen LogP contribution < -0.4 is 19.5 Å². The molecule has 1 amide bonds. The molecule has 28 heavy (non-hydrogen) atoms. The molecule has 0 heterocycles. The number of halogens is 2. The molecule has 150 valence electrons. The Balaban J connectivity index is 1.97. The number of benzene rings is 2. The fourth-order valence-electron chi connectivity index (χ4n) is 2.17. The zero-order chi connectivity index (χ0) is 20.5. The van der Waals surface area contributed by atoms with Gasteiger partial charge in [0.2, 0.25) is 6.10 Å². The Morgan fingerprint density at radius 3 is 2.46 bits per heavy atom. The van der Waals surface area contributed by atoms with Crippen LogP contribution >= 0.6 is 0 Å². The lowest BCUT2D eigenvalue weighted by atomic mass is 10.2. The highest BCUT2D eigenvalue weighted by molar-refractivity contribution is 5.95. The van der Waals surface area contributed by atoms with E-state index in [0.29, 0.717) is 17.1 Å². The van der Waals surface area contributed by atoms with Gasteiger partial charge in [0, 0.05) is 5.56 Å². The second kappa shape index (κ2) is 10.1. The van der Waals surface area contributed by atoms with E-state index in [-0.39, 0.29) is 11.4 Å². The van der Waals surface area contributed by atoms with Gasteiger partial charge in [0.15, 0.2) is 11.5 Å². The van der Waals surface area contributed by atoms with Crippen LogP contribution in [0, 0.1) is 0 Å². The predicted octanol–water partition coefficient (Wildman–Crippen LogP) is 3.68. The first kappa shape index (κ1) is 20.9. The lowest BCUT2D eigenvalue weighted by molar-refractivity contribution is -0.126. The first-order valence-corrected chi connectivity index (χ1v) is 8.20. The third-order valence-electron chi connectivity index (χ3n) is 3.56. The van der Waals surface area contributed by atoms with Crippen molar-refractivity contribution in [3.05, 3.63) is 48.0 Å². The molecule has 7 nitrogen and oxygen atoms in total. The third kappa shape index (κ3) is 5.83. The van der Waals surface area contributed by atoms with Crippen molar-refractivity contribution in [2.45, 2.75) is 19.6 Å². The van der Waals surface area contributed by atoms with Gasteiger partial charge in [-0.05, 0) is 37.3 Å². The summed E-state index contributed by atoms with van der Waals surface area (Å²) in [5, 5.41) is 6.24. The Bertz CT molecular complexity index is 830. The summed E-state index contributed by atoms with van der Waals surface area (Å²) in [4.78, 5) is 17.3. The number of nitrogens with zero attached hydrogens (tertiary/aromatic N) is 1. The van der Waals surface area contributed by atoms with Crippen molar-refractivity contribution in [1.29, 1.82) is 0 Å². The molecule has 0 aliphatic heterocycles. The number of hydrogen-bond acceptors (Lipinski definition) is 6. The monoisotopic (exact) mass is 394 g/mol. The first-order chi connectivity index (χ1) is 13.4. The molecule has 0 saturated heterocycles. The maximum absolute atomic E-state index is 12.4. The highest BCUT2D eigenvalue weighted by Gasteiger charge is 2.17. The molecule has 0 aromatic heterocycles. The molecule has 1 unspecified atom stereocenters. The fourth-order valence-corrected chi connectivity index (χ4v) is 2.17. The van der Waals surface area contributed by atoms with Crippen molar-refractivity contribution in [2.24, 2.45) is 5.16 Å². The lowest BCUT2D eigenvalue weighted by Gasteiger charge is -2.14. The second-order valence-electron chi connectivity index (χ2n) is 5.46. The van der Waals surface area contributed by atoms with E-state index in [1.54, 1.807) is 24.3 Å². The quantitative estimate of drug-likeness (QED) is 0.519. The van der Waals surface area contributed by atoms with Crippen LogP contribution in [0.15, 0.2) is 47.6 Å². The van der Waals surface area contributed by atoms with Crippen molar-refractivity contribution >= 4 is 17.8 Å². The number of para-hydroxylation sites is 2. The highest BCUT2D eigenvalue weighted by Crippen LogP contribution is 2.27. The summed E-state index contributed by atoms with van der Waals surface area (Å²) in [6, 6.07) is 11.0. The molecular formula is C19H20F2N2O5. The first-order valence-electron chi connectivity index (χ1n) is 8.20. The van der Waals surface area contributed by atoms with Gasteiger partial charge < -0.3 is 24.4 Å². The number of ether oxygens (including phenoxy) is 3. The van der Waals surface area contributed by atoms with E-state index in [1.165, 1.54) is 45.6 Å². The van der Waals surface area contributed by atoms with Gasteiger partial charge in [-0.15, -0.1) is 0 Å². The minimum Gasteiger partial charge on any atom is -0.493 e. The Kier molecular flexibility index (Phi) is 7.55. The zero-order valence-electron chi connectivity index (χ0n) is 15.5. The summed E-state index contributed by atoms with van der Waals surface area (Å²) in [5.74, 6) is 0.368. The number of alkyl halides is 2. The van der Waals surface area contributed by atoms with Crippen molar-refractivity contribution in [3.63, 3.8) is 0 Å².